The first kappa shape index (κ1) is 20.5. The van der Waals surface area contributed by atoms with Crippen molar-refractivity contribution in [3.8, 4) is 11.5 Å². The topological polar surface area (TPSA) is 50.8 Å². The van der Waals surface area contributed by atoms with Crippen LogP contribution in [0.15, 0.2) is 46.9 Å². The van der Waals surface area contributed by atoms with Crippen molar-refractivity contribution in [2.45, 2.75) is 38.8 Å². The van der Waals surface area contributed by atoms with E-state index in [1.165, 1.54) is 5.69 Å². The van der Waals surface area contributed by atoms with Gasteiger partial charge in [-0.15, -0.1) is 0 Å². The van der Waals surface area contributed by atoms with Crippen LogP contribution in [0.2, 0.25) is 0 Å². The van der Waals surface area contributed by atoms with Gasteiger partial charge in [0.1, 0.15) is 11.5 Å². The van der Waals surface area contributed by atoms with Crippen LogP contribution in [-0.4, -0.2) is 38.3 Å². The van der Waals surface area contributed by atoms with Crippen molar-refractivity contribution in [3.05, 3.63) is 52.5 Å². The van der Waals surface area contributed by atoms with Crippen LogP contribution < -0.4 is 19.7 Å². The summed E-state index contributed by atoms with van der Waals surface area (Å²) in [4.78, 5) is 14.9. The summed E-state index contributed by atoms with van der Waals surface area (Å²) in [6, 6.07) is 14.1. The maximum Gasteiger partial charge on any atom is 0.260 e. The molecule has 1 amide bonds. The van der Waals surface area contributed by atoms with Crippen molar-refractivity contribution in [1.82, 2.24) is 5.32 Å². The molecule has 1 fully saturated rings. The third-order valence-electron chi connectivity index (χ3n) is 5.04. The number of carbonyl (C=O) groups is 1. The van der Waals surface area contributed by atoms with Crippen LogP contribution in [0.25, 0.3) is 0 Å². The van der Waals surface area contributed by atoms with Gasteiger partial charge in [0, 0.05) is 24.8 Å². The normalized spacial score (nSPS) is 15.8. The molecule has 5 nitrogen and oxygen atoms in total. The lowest BCUT2D eigenvalue weighted by Gasteiger charge is -2.34. The number of anilines is 1. The lowest BCUT2D eigenvalue weighted by molar-refractivity contribution is -0.128. The van der Waals surface area contributed by atoms with E-state index in [-0.39, 0.29) is 11.9 Å². The molecule has 0 radical (unpaired) electrons. The lowest BCUT2D eigenvalue weighted by atomic mass is 10.0. The van der Waals surface area contributed by atoms with E-state index in [1.807, 2.05) is 37.3 Å². The molecule has 0 aliphatic carbocycles. The molecule has 28 heavy (non-hydrogen) atoms. The molecule has 1 N–H and O–H groups in total. The van der Waals surface area contributed by atoms with E-state index >= 15 is 0 Å². The number of rotatable bonds is 6. The molecule has 1 unspecified atom stereocenters. The van der Waals surface area contributed by atoms with Gasteiger partial charge in [-0.25, -0.2) is 0 Å². The zero-order valence-electron chi connectivity index (χ0n) is 16.6. The van der Waals surface area contributed by atoms with E-state index in [2.05, 4.69) is 38.3 Å². The Morgan fingerprint density at radius 3 is 2.46 bits per heavy atom. The number of carbonyl (C=O) groups excluding carboxylic acids is 1. The van der Waals surface area contributed by atoms with E-state index in [9.17, 15) is 4.79 Å². The number of hydrogen-bond acceptors (Lipinski definition) is 4. The first-order valence-corrected chi connectivity index (χ1v) is 10.4. The number of nitrogens with one attached hydrogen (secondary N) is 1. The maximum absolute atomic E-state index is 12.5. The Balaban J connectivity index is 1.48. The number of piperidine rings is 1. The predicted octanol–water partition coefficient (Wildman–Crippen LogP) is 4.32. The Labute approximate surface area is 175 Å². The van der Waals surface area contributed by atoms with Gasteiger partial charge >= 0.3 is 0 Å². The van der Waals surface area contributed by atoms with Gasteiger partial charge in [-0.05, 0) is 84.6 Å². The molecule has 2 aromatic rings. The molecule has 0 bridgehead atoms. The highest BCUT2D eigenvalue weighted by Gasteiger charge is 2.24. The number of halogens is 1. The summed E-state index contributed by atoms with van der Waals surface area (Å²) < 4.78 is 11.9. The number of ether oxygens (including phenoxy) is 2. The number of methoxy groups -OCH3 is 1. The Bertz CT molecular complexity index is 802. The van der Waals surface area contributed by atoms with Crippen LogP contribution in [0, 0.1) is 6.92 Å². The molecule has 0 aromatic heterocycles. The molecule has 1 heterocycles. The van der Waals surface area contributed by atoms with Crippen LogP contribution in [0.3, 0.4) is 0 Å². The molecule has 1 saturated heterocycles. The number of nitrogens with zero attached hydrogens (tertiary/aromatic N) is 1. The summed E-state index contributed by atoms with van der Waals surface area (Å²) in [5.74, 6) is 1.47. The van der Waals surface area contributed by atoms with Crippen LogP contribution in [0.4, 0.5) is 5.69 Å². The van der Waals surface area contributed by atoms with Gasteiger partial charge in [0.15, 0.2) is 6.10 Å². The van der Waals surface area contributed by atoms with Crippen molar-refractivity contribution < 1.29 is 14.3 Å². The molecule has 6 heteroatoms. The number of amides is 1. The molecular weight excluding hydrogens is 420 g/mol. The van der Waals surface area contributed by atoms with Gasteiger partial charge in [-0.2, -0.15) is 0 Å². The van der Waals surface area contributed by atoms with Crippen molar-refractivity contribution >= 4 is 27.5 Å². The zero-order chi connectivity index (χ0) is 20.1. The van der Waals surface area contributed by atoms with Crippen LogP contribution >= 0.6 is 15.9 Å². The summed E-state index contributed by atoms with van der Waals surface area (Å²) in [5.41, 5.74) is 2.33. The quantitative estimate of drug-likeness (QED) is 0.717. The summed E-state index contributed by atoms with van der Waals surface area (Å²) in [6.45, 7) is 5.63. The van der Waals surface area contributed by atoms with Gasteiger partial charge in [-0.3, -0.25) is 4.79 Å². The highest BCUT2D eigenvalue weighted by atomic mass is 79.9. The second-order valence-electron chi connectivity index (χ2n) is 7.16. The van der Waals surface area contributed by atoms with E-state index in [0.29, 0.717) is 5.75 Å². The molecule has 1 atom stereocenters. The third-order valence-corrected chi connectivity index (χ3v) is 5.66. The minimum atomic E-state index is -0.543. The predicted molar refractivity (Wildman–Crippen MR) is 115 cm³/mol. The molecular formula is C22H27BrN2O3. The van der Waals surface area contributed by atoms with Gasteiger partial charge in [-0.1, -0.05) is 6.07 Å². The Kier molecular flexibility index (Phi) is 6.83. The standard InChI is InChI=1S/C22H27BrN2O3/c1-15-4-9-21(20(23)14-15)28-16(2)22(26)24-17-10-12-25(13-11-17)18-5-7-19(27-3)8-6-18/h4-9,14,16-17H,10-13H2,1-3H3,(H,24,26). The van der Waals surface area contributed by atoms with E-state index in [1.54, 1.807) is 14.0 Å². The van der Waals surface area contributed by atoms with Gasteiger partial charge in [0.2, 0.25) is 0 Å². The number of hydrogen-bond donors (Lipinski definition) is 1. The van der Waals surface area contributed by atoms with E-state index in [0.717, 1.165) is 41.7 Å². The molecule has 150 valence electrons. The van der Waals surface area contributed by atoms with E-state index < -0.39 is 6.10 Å². The van der Waals surface area contributed by atoms with Crippen molar-refractivity contribution in [3.63, 3.8) is 0 Å². The molecule has 2 aromatic carbocycles. The van der Waals surface area contributed by atoms with Crippen molar-refractivity contribution in [2.75, 3.05) is 25.1 Å². The van der Waals surface area contributed by atoms with Crippen molar-refractivity contribution in [1.29, 1.82) is 0 Å². The molecule has 3 rings (SSSR count). The lowest BCUT2D eigenvalue weighted by Crippen LogP contribution is -2.48. The first-order valence-electron chi connectivity index (χ1n) is 9.58. The summed E-state index contributed by atoms with van der Waals surface area (Å²) in [6.07, 6.45) is 1.29. The summed E-state index contributed by atoms with van der Waals surface area (Å²) in [7, 11) is 1.67. The molecule has 0 saturated carbocycles. The highest BCUT2D eigenvalue weighted by molar-refractivity contribution is 9.10. The fraction of sp³-hybridized carbons (Fsp3) is 0.409. The molecule has 1 aliphatic rings. The average Bonchev–Trinajstić information content (AvgIpc) is 2.70. The molecule has 1 aliphatic heterocycles. The molecule has 0 spiro atoms. The summed E-state index contributed by atoms with van der Waals surface area (Å²) >= 11 is 3.49. The Morgan fingerprint density at radius 1 is 1.18 bits per heavy atom. The van der Waals surface area contributed by atoms with Crippen molar-refractivity contribution in [2.24, 2.45) is 0 Å². The van der Waals surface area contributed by atoms with Crippen LogP contribution in [-0.2, 0) is 4.79 Å². The summed E-state index contributed by atoms with van der Waals surface area (Å²) in [5, 5.41) is 3.13. The van der Waals surface area contributed by atoms with Crippen LogP contribution in [0.5, 0.6) is 11.5 Å². The van der Waals surface area contributed by atoms with Gasteiger partial charge in [0.05, 0.1) is 11.6 Å². The minimum Gasteiger partial charge on any atom is -0.497 e. The largest absolute Gasteiger partial charge is 0.497 e. The SMILES string of the molecule is COc1ccc(N2CCC(NC(=O)C(C)Oc3ccc(C)cc3Br)CC2)cc1. The second-order valence-corrected chi connectivity index (χ2v) is 8.02. The van der Waals surface area contributed by atoms with Gasteiger partial charge in [0.25, 0.3) is 5.91 Å². The number of benzene rings is 2. The Morgan fingerprint density at radius 2 is 1.86 bits per heavy atom. The van der Waals surface area contributed by atoms with E-state index in [4.69, 9.17) is 9.47 Å². The third kappa shape index (κ3) is 5.19. The maximum atomic E-state index is 12.5. The fourth-order valence-corrected chi connectivity index (χ4v) is 3.93. The first-order chi connectivity index (χ1) is 13.5. The van der Waals surface area contributed by atoms with Crippen LogP contribution in [0.1, 0.15) is 25.3 Å². The highest BCUT2D eigenvalue weighted by Crippen LogP contribution is 2.27. The van der Waals surface area contributed by atoms with Gasteiger partial charge < -0.3 is 19.7 Å². The number of aryl methyl sites for hydroxylation is 1. The Hall–Kier alpha value is -2.21. The zero-order valence-corrected chi connectivity index (χ0v) is 18.2. The monoisotopic (exact) mass is 446 g/mol. The fourth-order valence-electron chi connectivity index (χ4n) is 3.34. The second kappa shape index (κ2) is 9.32. The smallest absolute Gasteiger partial charge is 0.260 e. The average molecular weight is 447 g/mol. The minimum absolute atomic E-state index is 0.0737.